The number of phenolic OH excluding ortho intramolecular Hbond substituents is 1. The molecule has 5 rings (SSSR count). The normalized spacial score (nSPS) is 24.9. The Hall–Kier alpha value is -2.88. The Labute approximate surface area is 239 Å². The summed E-state index contributed by atoms with van der Waals surface area (Å²) in [7, 11) is -2.78. The zero-order chi connectivity index (χ0) is 28.7. The van der Waals surface area contributed by atoms with Gasteiger partial charge in [-0.3, -0.25) is 14.5 Å². The lowest BCUT2D eigenvalue weighted by molar-refractivity contribution is -0.122. The first-order valence-corrected chi connectivity index (χ1v) is 14.0. The maximum atomic E-state index is 13.8. The maximum absolute atomic E-state index is 13.8. The molecule has 0 aromatic heterocycles. The Balaban J connectivity index is 1.41. The quantitative estimate of drug-likeness (QED) is 0.231. The molecule has 0 saturated carbocycles. The van der Waals surface area contributed by atoms with Crippen LogP contribution in [0, 0.1) is 17.8 Å². The van der Waals surface area contributed by atoms with Crippen LogP contribution >= 0.6 is 11.6 Å². The predicted octanol–water partition coefficient (Wildman–Crippen LogP) is 3.32. The van der Waals surface area contributed by atoms with Crippen LogP contribution in [-0.2, 0) is 14.2 Å². The third-order valence-electron chi connectivity index (χ3n) is 8.35. The fraction of sp³-hybridized carbons (Fsp3) is 0.379. The average Bonchev–Trinajstić information content (AvgIpc) is 3.17. The van der Waals surface area contributed by atoms with Crippen LogP contribution in [0.4, 0.5) is 5.69 Å². The molecule has 3 aliphatic rings. The van der Waals surface area contributed by atoms with Crippen molar-refractivity contribution >= 4 is 54.9 Å². The van der Waals surface area contributed by atoms with Gasteiger partial charge in [-0.2, -0.15) is 0 Å². The van der Waals surface area contributed by atoms with Crippen molar-refractivity contribution in [1.29, 1.82) is 0 Å². The highest BCUT2D eigenvalue weighted by molar-refractivity contribution is 6.58. The summed E-state index contributed by atoms with van der Waals surface area (Å²) in [5, 5.41) is 40.0. The van der Waals surface area contributed by atoms with Crippen molar-refractivity contribution < 1.29 is 34.4 Å². The third kappa shape index (κ3) is 5.39. The van der Waals surface area contributed by atoms with Gasteiger partial charge in [-0.05, 0) is 91.8 Å². The summed E-state index contributed by atoms with van der Waals surface area (Å²) in [6.45, 7) is 4.02. The van der Waals surface area contributed by atoms with E-state index in [2.05, 4.69) is 0 Å². The van der Waals surface area contributed by atoms with Crippen molar-refractivity contribution in [2.24, 2.45) is 17.8 Å². The van der Waals surface area contributed by atoms with E-state index in [1.807, 2.05) is 19.9 Å². The SMILES string of the molecule is CCC1=C2[C@@H](CC/C(C)=C/c3ccc(O)cc3Cl)OB(O)C[C@@H]2[C@@H]2C(=O)N(c3cccc(B(O)O)c3)C(=O)[C@@H]2C1. The molecule has 2 aliphatic heterocycles. The minimum Gasteiger partial charge on any atom is -0.508 e. The molecular formula is C29H32B2ClNO7. The van der Waals surface area contributed by atoms with Gasteiger partial charge in [0.15, 0.2) is 0 Å². The molecule has 11 heteroatoms. The van der Waals surface area contributed by atoms with Gasteiger partial charge >= 0.3 is 14.2 Å². The van der Waals surface area contributed by atoms with Crippen LogP contribution in [0.3, 0.4) is 0 Å². The van der Waals surface area contributed by atoms with E-state index in [9.17, 15) is 29.8 Å². The van der Waals surface area contributed by atoms with E-state index in [1.54, 1.807) is 24.3 Å². The zero-order valence-corrected chi connectivity index (χ0v) is 23.2. The molecule has 4 atom stereocenters. The van der Waals surface area contributed by atoms with Gasteiger partial charge in [0.2, 0.25) is 11.8 Å². The first-order valence-electron chi connectivity index (χ1n) is 13.6. The first kappa shape index (κ1) is 28.6. The number of anilines is 1. The number of benzene rings is 2. The molecule has 0 bridgehead atoms. The number of nitrogens with zero attached hydrogens (tertiary/aromatic N) is 1. The lowest BCUT2D eigenvalue weighted by Crippen LogP contribution is -2.46. The van der Waals surface area contributed by atoms with Gasteiger partial charge < -0.3 is 24.8 Å². The number of hydrogen-bond donors (Lipinski definition) is 4. The van der Waals surface area contributed by atoms with Crippen LogP contribution in [0.25, 0.3) is 6.08 Å². The van der Waals surface area contributed by atoms with Crippen molar-refractivity contribution in [3.8, 4) is 5.75 Å². The molecule has 2 amide bonds. The molecule has 208 valence electrons. The number of hydrogen-bond acceptors (Lipinski definition) is 7. The zero-order valence-electron chi connectivity index (χ0n) is 22.5. The first-order chi connectivity index (χ1) is 19.1. The summed E-state index contributed by atoms with van der Waals surface area (Å²) < 4.78 is 6.04. The van der Waals surface area contributed by atoms with Gasteiger partial charge in [0.1, 0.15) is 5.75 Å². The van der Waals surface area contributed by atoms with E-state index in [0.29, 0.717) is 36.4 Å². The number of aromatic hydroxyl groups is 1. The number of allylic oxidation sites excluding steroid dienone is 2. The molecule has 0 unspecified atom stereocenters. The number of amides is 2. The van der Waals surface area contributed by atoms with Crippen LogP contribution < -0.4 is 10.4 Å². The van der Waals surface area contributed by atoms with Crippen molar-refractivity contribution in [2.75, 3.05) is 4.90 Å². The Kier molecular flexibility index (Phi) is 8.27. The van der Waals surface area contributed by atoms with E-state index < -0.39 is 32.2 Å². The van der Waals surface area contributed by atoms with Crippen LogP contribution in [-0.4, -0.2) is 52.3 Å². The summed E-state index contributed by atoms with van der Waals surface area (Å²) in [5.74, 6) is -2.01. The molecule has 2 aromatic rings. The number of carbonyl (C=O) groups is 2. The second-order valence-electron chi connectivity index (χ2n) is 10.9. The number of phenols is 1. The van der Waals surface area contributed by atoms with E-state index in [0.717, 1.165) is 22.3 Å². The number of carbonyl (C=O) groups excluding carboxylic acids is 2. The number of rotatable bonds is 7. The van der Waals surface area contributed by atoms with E-state index in [1.165, 1.54) is 23.1 Å². The van der Waals surface area contributed by atoms with E-state index in [-0.39, 0.29) is 35.3 Å². The smallest absolute Gasteiger partial charge is 0.488 e. The predicted molar refractivity (Wildman–Crippen MR) is 155 cm³/mol. The van der Waals surface area contributed by atoms with Gasteiger partial charge in [-0.25, -0.2) is 0 Å². The van der Waals surface area contributed by atoms with Crippen molar-refractivity contribution in [2.45, 2.75) is 52.0 Å². The summed E-state index contributed by atoms with van der Waals surface area (Å²) in [5.41, 5.74) is 4.46. The highest BCUT2D eigenvalue weighted by atomic mass is 35.5. The van der Waals surface area contributed by atoms with Gasteiger partial charge in [0.25, 0.3) is 0 Å². The van der Waals surface area contributed by atoms with E-state index >= 15 is 0 Å². The van der Waals surface area contributed by atoms with Crippen molar-refractivity contribution in [1.82, 2.24) is 0 Å². The molecule has 2 aromatic carbocycles. The van der Waals surface area contributed by atoms with Gasteiger partial charge in [0.05, 0.1) is 28.6 Å². The van der Waals surface area contributed by atoms with Gasteiger partial charge in [-0.1, -0.05) is 47.9 Å². The monoisotopic (exact) mass is 563 g/mol. The Morgan fingerprint density at radius 3 is 2.65 bits per heavy atom. The number of halogens is 1. The van der Waals surface area contributed by atoms with Crippen molar-refractivity contribution in [3.63, 3.8) is 0 Å². The van der Waals surface area contributed by atoms with Gasteiger partial charge in [-0.15, -0.1) is 0 Å². The molecule has 1 aliphatic carbocycles. The molecule has 40 heavy (non-hydrogen) atoms. The molecule has 0 radical (unpaired) electrons. The highest BCUT2D eigenvalue weighted by Gasteiger charge is 2.57. The highest BCUT2D eigenvalue weighted by Crippen LogP contribution is 2.51. The maximum Gasteiger partial charge on any atom is 0.488 e. The van der Waals surface area contributed by atoms with Crippen molar-refractivity contribution in [3.05, 3.63) is 69.8 Å². The lowest BCUT2D eigenvalue weighted by Gasteiger charge is -2.43. The largest absolute Gasteiger partial charge is 0.508 e. The van der Waals surface area contributed by atoms with Crippen LogP contribution in [0.2, 0.25) is 11.3 Å². The molecule has 2 heterocycles. The fourth-order valence-electron chi connectivity index (χ4n) is 6.51. The lowest BCUT2D eigenvalue weighted by atomic mass is 9.58. The summed E-state index contributed by atoms with van der Waals surface area (Å²) in [4.78, 5) is 28.6. The average molecular weight is 564 g/mol. The fourth-order valence-corrected chi connectivity index (χ4v) is 6.74. The molecule has 0 spiro atoms. The molecule has 8 nitrogen and oxygen atoms in total. The Bertz CT molecular complexity index is 1390. The summed E-state index contributed by atoms with van der Waals surface area (Å²) in [6, 6.07) is 11.0. The second-order valence-corrected chi connectivity index (χ2v) is 11.3. The molecule has 2 fully saturated rings. The van der Waals surface area contributed by atoms with E-state index in [4.69, 9.17) is 16.3 Å². The van der Waals surface area contributed by atoms with Crippen LogP contribution in [0.5, 0.6) is 5.75 Å². The molecule has 2 saturated heterocycles. The third-order valence-corrected chi connectivity index (χ3v) is 8.68. The standard InChI is InChI=1S/C29H32B2ClNO7/c1-3-17-12-22-27(29(36)33(28(22)35)20-6-4-5-19(13-20)31(38)39)23-15-30(37)40-25(26(17)23)10-7-16(2)11-18-8-9-21(34)14-24(18)32/h4-6,8-9,11,13-14,22-23,25,27,34,37-39H,3,7,10,12,15H2,1-2H3/b16-11+/t22-,23+,25-,27-/m1/s1. The minimum atomic E-state index is -1.72. The minimum absolute atomic E-state index is 0.0993. The van der Waals surface area contributed by atoms with Crippen LogP contribution in [0.15, 0.2) is 59.2 Å². The van der Waals surface area contributed by atoms with Crippen LogP contribution in [0.1, 0.15) is 45.1 Å². The van der Waals surface area contributed by atoms with Gasteiger partial charge in [0, 0.05) is 0 Å². The number of fused-ring (bicyclic) bond motifs is 3. The summed E-state index contributed by atoms with van der Waals surface area (Å²) >= 11 is 6.27. The summed E-state index contributed by atoms with van der Waals surface area (Å²) in [6.07, 6.45) is 4.19. The topological polar surface area (TPSA) is 128 Å². The Morgan fingerprint density at radius 2 is 1.95 bits per heavy atom. The molecular weight excluding hydrogens is 531 g/mol. The Morgan fingerprint density at radius 1 is 1.18 bits per heavy atom. The number of imide groups is 1. The second kappa shape index (κ2) is 11.5. The molecule has 4 N–H and O–H groups in total.